The summed E-state index contributed by atoms with van der Waals surface area (Å²) < 4.78 is 0. The smallest absolute Gasteiger partial charge is 0.262 e. The van der Waals surface area contributed by atoms with Crippen LogP contribution in [-0.4, -0.2) is 29.2 Å². The zero-order valence-electron chi connectivity index (χ0n) is 15.2. The molecule has 1 heterocycles. The molecule has 146 valence electrons. The molecule has 0 saturated carbocycles. The van der Waals surface area contributed by atoms with Crippen LogP contribution in [0.1, 0.15) is 45.7 Å². The normalized spacial score (nSPS) is 13.1. The van der Waals surface area contributed by atoms with E-state index in [0.717, 1.165) is 16.0 Å². The van der Waals surface area contributed by atoms with Crippen LogP contribution in [-0.2, 0) is 17.6 Å². The number of aryl methyl sites for hydroxylation is 1. The van der Waals surface area contributed by atoms with Gasteiger partial charge >= 0.3 is 0 Å². The lowest BCUT2D eigenvalue weighted by atomic mass is 10.0. The summed E-state index contributed by atoms with van der Waals surface area (Å²) in [6, 6.07) is 6.34. The molecule has 2 aromatic carbocycles. The Bertz CT molecular complexity index is 964. The highest BCUT2D eigenvalue weighted by atomic mass is 35.5. The van der Waals surface area contributed by atoms with E-state index in [2.05, 4.69) is 5.32 Å². The minimum atomic E-state index is -0.578. The van der Waals surface area contributed by atoms with Crippen LogP contribution in [0.25, 0.3) is 0 Å². The zero-order valence-corrected chi connectivity index (χ0v) is 17.5. The predicted octanol–water partition coefficient (Wildman–Crippen LogP) is 5.01. The van der Waals surface area contributed by atoms with E-state index in [0.29, 0.717) is 23.6 Å². The van der Waals surface area contributed by atoms with Crippen molar-refractivity contribution in [3.63, 3.8) is 0 Å². The Hall–Kier alpha value is -2.08. The molecule has 0 spiro atoms. The Morgan fingerprint density at radius 2 is 1.50 bits per heavy atom. The van der Waals surface area contributed by atoms with Gasteiger partial charge in [-0.25, -0.2) is 0 Å². The highest BCUT2D eigenvalue weighted by Crippen LogP contribution is 2.32. The van der Waals surface area contributed by atoms with Crippen LogP contribution in [0.5, 0.6) is 0 Å². The molecule has 0 atom stereocenters. The average molecular weight is 440 g/mol. The summed E-state index contributed by atoms with van der Waals surface area (Å²) in [5, 5.41) is 3.72. The molecule has 0 bridgehead atoms. The molecule has 1 aliphatic heterocycles. The van der Waals surface area contributed by atoms with Gasteiger partial charge in [-0.05, 0) is 42.2 Å². The van der Waals surface area contributed by atoms with Crippen molar-refractivity contribution in [1.29, 1.82) is 0 Å². The van der Waals surface area contributed by atoms with Crippen molar-refractivity contribution in [2.45, 2.75) is 26.7 Å². The molecule has 3 amide bonds. The maximum absolute atomic E-state index is 12.6. The Morgan fingerprint density at radius 3 is 2.00 bits per heavy atom. The number of nitrogens with zero attached hydrogens (tertiary/aromatic N) is 1. The van der Waals surface area contributed by atoms with Gasteiger partial charge in [0.25, 0.3) is 11.8 Å². The molecule has 0 fully saturated rings. The number of hydrogen-bond acceptors (Lipinski definition) is 3. The van der Waals surface area contributed by atoms with Crippen molar-refractivity contribution in [3.8, 4) is 0 Å². The number of amides is 3. The van der Waals surface area contributed by atoms with Crippen LogP contribution in [0, 0.1) is 0 Å². The lowest BCUT2D eigenvalue weighted by Crippen LogP contribution is -2.37. The second-order valence-electron chi connectivity index (χ2n) is 6.32. The fourth-order valence-corrected chi connectivity index (χ4v) is 3.84. The maximum Gasteiger partial charge on any atom is 0.262 e. The van der Waals surface area contributed by atoms with E-state index in [9.17, 15) is 14.4 Å². The highest BCUT2D eigenvalue weighted by molar-refractivity contribution is 6.43. The molecule has 28 heavy (non-hydrogen) atoms. The Balaban J connectivity index is 1.85. The van der Waals surface area contributed by atoms with Crippen molar-refractivity contribution in [2.75, 3.05) is 11.9 Å². The first kappa shape index (κ1) is 20.6. The third-order valence-electron chi connectivity index (χ3n) is 4.65. The third kappa shape index (κ3) is 3.62. The molecule has 0 radical (unpaired) electrons. The maximum atomic E-state index is 12.6. The van der Waals surface area contributed by atoms with Crippen molar-refractivity contribution < 1.29 is 14.4 Å². The van der Waals surface area contributed by atoms with Crippen LogP contribution >= 0.6 is 34.8 Å². The lowest BCUT2D eigenvalue weighted by Gasteiger charge is -2.18. The van der Waals surface area contributed by atoms with Gasteiger partial charge in [-0.2, -0.15) is 0 Å². The van der Waals surface area contributed by atoms with Gasteiger partial charge in [-0.1, -0.05) is 54.7 Å². The third-order valence-corrected chi connectivity index (χ3v) is 5.73. The van der Waals surface area contributed by atoms with Crippen LogP contribution in [0.4, 0.5) is 5.69 Å². The van der Waals surface area contributed by atoms with E-state index >= 15 is 0 Å². The molecular formula is C20H17Cl3N2O3. The van der Waals surface area contributed by atoms with Crippen LogP contribution in [0.3, 0.4) is 0 Å². The van der Waals surface area contributed by atoms with Crippen LogP contribution in [0.15, 0.2) is 24.3 Å². The largest absolute Gasteiger partial charge is 0.324 e. The molecule has 1 aliphatic rings. The van der Waals surface area contributed by atoms with Crippen LogP contribution < -0.4 is 5.32 Å². The van der Waals surface area contributed by atoms with Gasteiger partial charge in [0.1, 0.15) is 6.54 Å². The summed E-state index contributed by atoms with van der Waals surface area (Å²) in [5.74, 6) is -1.64. The highest BCUT2D eigenvalue weighted by Gasteiger charge is 2.37. The Labute approximate surface area is 177 Å². The van der Waals surface area contributed by atoms with Crippen molar-refractivity contribution >= 4 is 58.2 Å². The standard InChI is InChI=1S/C20H17Cl3N2O3/c1-3-10-5-6-14(21)11(4-2)18(10)24-17(26)9-25-19(27)12-7-15(22)16(23)8-13(12)20(25)28/h5-8H,3-4,9H2,1-2H3,(H,24,26). The number of imide groups is 1. The molecule has 0 aliphatic carbocycles. The molecule has 0 aromatic heterocycles. The SMILES string of the molecule is CCc1ccc(Cl)c(CC)c1NC(=O)CN1C(=O)c2cc(Cl)c(Cl)cc2C1=O. The summed E-state index contributed by atoms with van der Waals surface area (Å²) in [6.45, 7) is 3.49. The molecule has 0 unspecified atom stereocenters. The predicted molar refractivity (Wildman–Crippen MR) is 111 cm³/mol. The number of halogens is 3. The second kappa shape index (κ2) is 8.11. The Morgan fingerprint density at radius 1 is 0.929 bits per heavy atom. The minimum Gasteiger partial charge on any atom is -0.324 e. The number of rotatable bonds is 5. The number of carbonyl (C=O) groups is 3. The molecule has 8 heteroatoms. The van der Waals surface area contributed by atoms with Gasteiger partial charge < -0.3 is 5.32 Å². The van der Waals surface area contributed by atoms with E-state index in [1.54, 1.807) is 6.07 Å². The summed E-state index contributed by atoms with van der Waals surface area (Å²) in [4.78, 5) is 38.6. The quantitative estimate of drug-likeness (QED) is 0.666. The summed E-state index contributed by atoms with van der Waals surface area (Å²) in [7, 11) is 0. The van der Waals surface area contributed by atoms with Crippen molar-refractivity contribution in [2.24, 2.45) is 0 Å². The van der Waals surface area contributed by atoms with Gasteiger partial charge in [-0.15, -0.1) is 0 Å². The van der Waals surface area contributed by atoms with E-state index in [1.807, 2.05) is 19.9 Å². The van der Waals surface area contributed by atoms with Gasteiger partial charge in [-0.3, -0.25) is 19.3 Å². The van der Waals surface area contributed by atoms with Crippen LogP contribution in [0.2, 0.25) is 15.1 Å². The number of carbonyl (C=O) groups excluding carboxylic acids is 3. The second-order valence-corrected chi connectivity index (χ2v) is 7.55. The van der Waals surface area contributed by atoms with E-state index in [-0.39, 0.29) is 21.2 Å². The van der Waals surface area contributed by atoms with E-state index in [4.69, 9.17) is 34.8 Å². The molecule has 5 nitrogen and oxygen atoms in total. The number of fused-ring (bicyclic) bond motifs is 1. The minimum absolute atomic E-state index is 0.137. The molecule has 2 aromatic rings. The van der Waals surface area contributed by atoms with Gasteiger partial charge in [0.05, 0.1) is 21.2 Å². The van der Waals surface area contributed by atoms with Crippen molar-refractivity contribution in [1.82, 2.24) is 4.90 Å². The average Bonchev–Trinajstić information content (AvgIpc) is 2.87. The monoisotopic (exact) mass is 438 g/mol. The topological polar surface area (TPSA) is 66.5 Å². The molecule has 0 saturated heterocycles. The van der Waals surface area contributed by atoms with Gasteiger partial charge in [0.15, 0.2) is 0 Å². The molecular weight excluding hydrogens is 423 g/mol. The number of anilines is 1. The fraction of sp³-hybridized carbons (Fsp3) is 0.250. The van der Waals surface area contributed by atoms with Crippen molar-refractivity contribution in [3.05, 3.63) is 61.6 Å². The zero-order chi connectivity index (χ0) is 20.6. The first-order chi connectivity index (χ1) is 13.3. The fourth-order valence-electron chi connectivity index (χ4n) is 3.22. The number of benzene rings is 2. The van der Waals surface area contributed by atoms with E-state index < -0.39 is 24.3 Å². The summed E-state index contributed by atoms with van der Waals surface area (Å²) >= 11 is 18.1. The summed E-state index contributed by atoms with van der Waals surface area (Å²) in [5.41, 5.74) is 2.65. The Kier molecular flexibility index (Phi) is 5.98. The number of nitrogens with one attached hydrogen (secondary N) is 1. The van der Waals surface area contributed by atoms with Gasteiger partial charge in [0.2, 0.25) is 5.91 Å². The first-order valence-corrected chi connectivity index (χ1v) is 9.87. The van der Waals surface area contributed by atoms with Gasteiger partial charge in [0, 0.05) is 10.7 Å². The molecule has 1 N–H and O–H groups in total. The van der Waals surface area contributed by atoms with E-state index in [1.165, 1.54) is 12.1 Å². The molecule has 3 rings (SSSR count). The summed E-state index contributed by atoms with van der Waals surface area (Å²) in [6.07, 6.45) is 1.33. The number of hydrogen-bond donors (Lipinski definition) is 1. The lowest BCUT2D eigenvalue weighted by molar-refractivity contribution is -0.116. The first-order valence-electron chi connectivity index (χ1n) is 8.73.